The van der Waals surface area contributed by atoms with Crippen LogP contribution in [0.4, 0.5) is 5.82 Å². The molecular weight excluding hydrogens is 859 g/mol. The molecule has 0 spiro atoms. The normalized spacial score (nSPS) is 22.5. The Morgan fingerprint density at radius 1 is 1.03 bits per heavy atom. The van der Waals surface area contributed by atoms with Crippen molar-refractivity contribution in [1.29, 1.82) is 0 Å². The third kappa shape index (κ3) is 14.6. The van der Waals surface area contributed by atoms with Crippen LogP contribution in [0.2, 0.25) is 0 Å². The minimum absolute atomic E-state index is 0.0265. The number of phosphoric acid groups is 3. The summed E-state index contributed by atoms with van der Waals surface area (Å²) in [6.07, 6.45) is -6.01. The molecule has 3 rings (SSSR count). The van der Waals surface area contributed by atoms with Gasteiger partial charge in [-0.15, -0.1) is 0 Å². The topological polar surface area (TPSA) is 384 Å². The predicted octanol–water partition coefficient (Wildman–Crippen LogP) is -0.148. The summed E-state index contributed by atoms with van der Waals surface area (Å²) >= 11 is 1.00. The third-order valence-electron chi connectivity index (χ3n) is 8.53. The summed E-state index contributed by atoms with van der Waals surface area (Å²) in [7, 11) is -16.4. The lowest BCUT2D eigenvalue weighted by Gasteiger charge is -2.30. The number of phosphoric ester groups is 3. The Labute approximate surface area is 336 Å². The van der Waals surface area contributed by atoms with Crippen molar-refractivity contribution in [1.82, 2.24) is 30.2 Å². The fourth-order valence-corrected chi connectivity index (χ4v) is 9.18. The van der Waals surface area contributed by atoms with E-state index < -0.39 is 96.6 Å². The number of fused-ring (bicyclic) bond motifs is 1. The largest absolute Gasteiger partial charge is 0.481 e. The van der Waals surface area contributed by atoms with E-state index in [1.165, 1.54) is 13.8 Å². The number of anilines is 1. The number of imidazole rings is 1. The number of hydrogen-bond donors (Lipinski definition) is 10. The number of nitrogens with zero attached hydrogens (tertiary/aromatic N) is 4. The number of nitrogens with two attached hydrogens (primary N) is 1. The molecule has 0 bridgehead atoms. The van der Waals surface area contributed by atoms with E-state index in [2.05, 4.69) is 34.4 Å². The first kappa shape index (κ1) is 49.9. The molecule has 1 saturated heterocycles. The van der Waals surface area contributed by atoms with Gasteiger partial charge in [0, 0.05) is 30.7 Å². The number of nitrogens with one attached hydrogen (secondary N) is 2. The van der Waals surface area contributed by atoms with Gasteiger partial charge in [0.1, 0.15) is 36.3 Å². The molecule has 9 atom stereocenters. The molecule has 58 heavy (non-hydrogen) atoms. The van der Waals surface area contributed by atoms with E-state index in [-0.39, 0.29) is 47.4 Å². The Bertz CT molecular complexity index is 1870. The Morgan fingerprint density at radius 2 is 1.71 bits per heavy atom. The number of rotatable bonds is 24. The van der Waals surface area contributed by atoms with Gasteiger partial charge in [-0.2, -0.15) is 4.31 Å². The van der Waals surface area contributed by atoms with Crippen LogP contribution in [0.5, 0.6) is 0 Å². The van der Waals surface area contributed by atoms with Gasteiger partial charge in [-0.1, -0.05) is 45.9 Å². The van der Waals surface area contributed by atoms with Crippen LogP contribution < -0.4 is 16.4 Å². The van der Waals surface area contributed by atoms with Gasteiger partial charge in [0.2, 0.25) is 11.8 Å². The van der Waals surface area contributed by atoms with Crippen LogP contribution in [0, 0.1) is 11.3 Å². The zero-order chi connectivity index (χ0) is 43.6. The molecule has 3 heterocycles. The van der Waals surface area contributed by atoms with Crippen molar-refractivity contribution in [3.63, 3.8) is 0 Å². The van der Waals surface area contributed by atoms with Crippen molar-refractivity contribution in [3.8, 4) is 0 Å². The fraction of sp³-hybridized carbons (Fsp3) is 0.724. The molecule has 1 aliphatic heterocycles. The lowest BCUT2D eigenvalue weighted by atomic mass is 9.87. The standard InChI is InChI=1S/C29H50N7O18P3S/c1-5-7-16(17(37)6-2)28(42)58-11-10-31-19(38)8-9-32-26(41)23(40)29(3,4)13-51-57(48,49)54-56(46,47)50-12-18-22(53-55(43,44)45)21(39)27(52-18)36-15-35-20-24(30)33-14-34-25(20)36/h14-18,21-23,27,37,39-40H,5-13H2,1-4H3,(H,31,38)(H,32,41)(H,46,47)(H,48,49)(H2,30,33,34)(H2,43,44,45)/t16?,17?,18-,21-,22-,23+,27-/m0/s1. The number of aliphatic hydroxyl groups excluding tert-OH is 3. The Balaban J connectivity index is 1.48. The van der Waals surface area contributed by atoms with E-state index in [0.29, 0.717) is 12.8 Å². The van der Waals surface area contributed by atoms with E-state index in [4.69, 9.17) is 19.5 Å². The van der Waals surface area contributed by atoms with Crippen molar-refractivity contribution >= 4 is 69.1 Å². The lowest BCUT2D eigenvalue weighted by molar-refractivity contribution is -0.137. The van der Waals surface area contributed by atoms with Crippen molar-refractivity contribution in [2.24, 2.45) is 11.3 Å². The first-order valence-corrected chi connectivity index (χ1v) is 23.2. The van der Waals surface area contributed by atoms with E-state index in [0.717, 1.165) is 35.4 Å². The number of carbonyl (C=O) groups is 3. The summed E-state index contributed by atoms with van der Waals surface area (Å²) in [5, 5.41) is 36.3. The van der Waals surface area contributed by atoms with E-state index in [1.54, 1.807) is 6.92 Å². The van der Waals surface area contributed by atoms with Crippen LogP contribution in [0.1, 0.15) is 59.6 Å². The van der Waals surface area contributed by atoms with Crippen LogP contribution in [0.25, 0.3) is 11.2 Å². The highest BCUT2D eigenvalue weighted by Crippen LogP contribution is 2.61. The molecule has 0 saturated carbocycles. The maximum Gasteiger partial charge on any atom is 0.481 e. The second kappa shape index (κ2) is 21.4. The number of nitrogen functional groups attached to an aromatic ring is 1. The van der Waals surface area contributed by atoms with Gasteiger partial charge in [0.25, 0.3) is 0 Å². The molecule has 1 aliphatic rings. The highest BCUT2D eigenvalue weighted by Gasteiger charge is 2.50. The quantitative estimate of drug-likeness (QED) is 0.0483. The molecule has 25 nitrogen and oxygen atoms in total. The monoisotopic (exact) mass is 909 g/mol. The maximum atomic E-state index is 12.7. The third-order valence-corrected chi connectivity index (χ3v) is 12.6. The summed E-state index contributed by atoms with van der Waals surface area (Å²) in [5.74, 6) is -1.73. The van der Waals surface area contributed by atoms with E-state index in [9.17, 15) is 63.0 Å². The molecule has 2 amide bonds. The molecule has 2 aromatic rings. The second-order valence-corrected chi connectivity index (χ2v) is 18.9. The van der Waals surface area contributed by atoms with Crippen molar-refractivity contribution < 1.29 is 85.6 Å². The minimum Gasteiger partial charge on any atom is -0.392 e. The molecule has 330 valence electrons. The predicted molar refractivity (Wildman–Crippen MR) is 202 cm³/mol. The minimum atomic E-state index is -5.58. The lowest BCUT2D eigenvalue weighted by Crippen LogP contribution is -2.46. The van der Waals surface area contributed by atoms with Crippen LogP contribution in [0.15, 0.2) is 12.7 Å². The number of thioether (sulfide) groups is 1. The number of aliphatic hydroxyl groups is 3. The highest BCUT2D eigenvalue weighted by atomic mass is 32.2. The van der Waals surface area contributed by atoms with Crippen LogP contribution >= 0.6 is 35.2 Å². The van der Waals surface area contributed by atoms with Gasteiger partial charge in [0.05, 0.1) is 31.6 Å². The summed E-state index contributed by atoms with van der Waals surface area (Å²) in [4.78, 5) is 88.2. The molecule has 29 heteroatoms. The van der Waals surface area contributed by atoms with Crippen molar-refractivity contribution in [2.45, 2.75) is 90.1 Å². The summed E-state index contributed by atoms with van der Waals surface area (Å²) in [6.45, 7) is 4.07. The fourth-order valence-electron chi connectivity index (χ4n) is 5.45. The first-order chi connectivity index (χ1) is 26.9. The van der Waals surface area contributed by atoms with Gasteiger partial charge in [-0.05, 0) is 12.8 Å². The number of amides is 2. The number of carbonyl (C=O) groups excluding carboxylic acids is 3. The molecule has 1 fully saturated rings. The Morgan fingerprint density at radius 3 is 2.34 bits per heavy atom. The zero-order valence-corrected chi connectivity index (χ0v) is 35.3. The van der Waals surface area contributed by atoms with Gasteiger partial charge < -0.3 is 56.0 Å². The summed E-state index contributed by atoms with van der Waals surface area (Å²) in [5.41, 5.74) is 4.24. The van der Waals surface area contributed by atoms with Gasteiger partial charge in [0.15, 0.2) is 22.8 Å². The van der Waals surface area contributed by atoms with Gasteiger partial charge in [-0.25, -0.2) is 28.6 Å². The first-order valence-electron chi connectivity index (χ1n) is 17.7. The Hall–Kier alpha value is -2.48. The average Bonchev–Trinajstić information content (AvgIpc) is 3.69. The van der Waals surface area contributed by atoms with Crippen molar-refractivity contribution in [2.75, 3.05) is 37.8 Å². The number of ether oxygens (including phenoxy) is 1. The molecule has 0 radical (unpaired) electrons. The maximum absolute atomic E-state index is 12.7. The molecule has 2 aromatic heterocycles. The number of hydrogen-bond acceptors (Lipinski definition) is 19. The van der Waals surface area contributed by atoms with Crippen LogP contribution in [0.3, 0.4) is 0 Å². The molecular formula is C29H50N7O18P3S. The van der Waals surface area contributed by atoms with Crippen LogP contribution in [-0.2, 0) is 50.7 Å². The van der Waals surface area contributed by atoms with E-state index >= 15 is 0 Å². The number of aromatic nitrogens is 4. The molecule has 11 N–H and O–H groups in total. The van der Waals surface area contributed by atoms with Crippen molar-refractivity contribution in [3.05, 3.63) is 12.7 Å². The molecule has 0 aromatic carbocycles. The summed E-state index contributed by atoms with van der Waals surface area (Å²) < 4.78 is 62.2. The molecule has 0 aliphatic carbocycles. The SMILES string of the molecule is CCCC(C(=O)SCCNC(=O)CCNC(=O)[C@@H](O)C(C)(C)COP(=O)(O)OP(=O)(O)OC[C@@H]1O[C@H](n2cnc3c(N)ncnc32)[C@@H](O)[C@H]1OP(=O)(O)O)C(O)CC. The average molecular weight is 910 g/mol. The second-order valence-electron chi connectivity index (χ2n) is 13.6. The van der Waals surface area contributed by atoms with E-state index in [1.807, 2.05) is 6.92 Å². The summed E-state index contributed by atoms with van der Waals surface area (Å²) in [6, 6.07) is 0. The Kier molecular flexibility index (Phi) is 18.4. The van der Waals surface area contributed by atoms with Gasteiger partial charge in [-0.3, -0.25) is 32.5 Å². The zero-order valence-electron chi connectivity index (χ0n) is 31.8. The smallest absolute Gasteiger partial charge is 0.392 e. The van der Waals surface area contributed by atoms with Gasteiger partial charge >= 0.3 is 23.5 Å². The van der Waals surface area contributed by atoms with Crippen LogP contribution in [-0.4, -0.2) is 134 Å². The highest BCUT2D eigenvalue weighted by molar-refractivity contribution is 8.13. The molecule has 4 unspecified atom stereocenters.